The summed E-state index contributed by atoms with van der Waals surface area (Å²) in [4.78, 5) is -0.594. The molecule has 0 aliphatic carbocycles. The van der Waals surface area contributed by atoms with Crippen molar-refractivity contribution in [1.82, 2.24) is 0 Å². The Morgan fingerprint density at radius 1 is 1.54 bits per heavy atom. The molecule has 0 amide bonds. The summed E-state index contributed by atoms with van der Waals surface area (Å²) in [6.07, 6.45) is 0. The third-order valence-corrected chi connectivity index (χ3v) is 2.25. The molecule has 0 aliphatic heterocycles. The van der Waals surface area contributed by atoms with Crippen molar-refractivity contribution in [3.8, 4) is 11.5 Å². The van der Waals surface area contributed by atoms with Crippen molar-refractivity contribution in [3.63, 3.8) is 0 Å². The van der Waals surface area contributed by atoms with E-state index in [0.29, 0.717) is 0 Å². The predicted octanol–water partition coefficient (Wildman–Crippen LogP) is 0.448. The number of hydrogen-bond donors (Lipinski definition) is 2. The Kier molecular flexibility index (Phi) is 2.44. The van der Waals surface area contributed by atoms with Gasteiger partial charge >= 0.3 is 0 Å². The summed E-state index contributed by atoms with van der Waals surface area (Å²) >= 11 is 0. The minimum Gasteiger partial charge on any atom is -0.506 e. The normalized spacial score (nSPS) is 11.2. The van der Waals surface area contributed by atoms with Gasteiger partial charge in [-0.25, -0.2) is 0 Å². The second-order valence-electron chi connectivity index (χ2n) is 2.23. The minimum absolute atomic E-state index is 0.116. The molecule has 0 spiro atoms. The van der Waals surface area contributed by atoms with Crippen LogP contribution in [0.4, 0.5) is 0 Å². The first-order chi connectivity index (χ1) is 5.95. The number of aromatic hydroxyl groups is 1. The van der Waals surface area contributed by atoms with Crippen molar-refractivity contribution >= 4 is 10.1 Å². The molecular formula is C7H7O5S. The van der Waals surface area contributed by atoms with Gasteiger partial charge in [0.05, 0.1) is 7.11 Å². The average molecular weight is 203 g/mol. The number of methoxy groups -OCH3 is 1. The number of hydrogen-bond acceptors (Lipinski definition) is 4. The molecule has 71 valence electrons. The highest BCUT2D eigenvalue weighted by molar-refractivity contribution is 7.86. The van der Waals surface area contributed by atoms with Gasteiger partial charge in [0, 0.05) is 12.1 Å². The summed E-state index contributed by atoms with van der Waals surface area (Å²) in [5.41, 5.74) is 0. The van der Waals surface area contributed by atoms with Crippen molar-refractivity contribution in [1.29, 1.82) is 0 Å². The molecule has 13 heavy (non-hydrogen) atoms. The van der Waals surface area contributed by atoms with Gasteiger partial charge in [0.1, 0.15) is 16.4 Å². The molecule has 0 bridgehead atoms. The maximum Gasteiger partial charge on any atom is 0.298 e. The van der Waals surface area contributed by atoms with E-state index in [4.69, 9.17) is 9.66 Å². The summed E-state index contributed by atoms with van der Waals surface area (Å²) in [5, 5.41) is 9.04. The molecule has 0 saturated carbocycles. The van der Waals surface area contributed by atoms with Gasteiger partial charge in [-0.05, 0) is 6.07 Å². The Bertz CT molecular complexity index is 409. The SMILES string of the molecule is COc1[c]cc(O)c(S(=O)(=O)O)c1. The molecule has 0 aromatic heterocycles. The van der Waals surface area contributed by atoms with Gasteiger partial charge in [0.2, 0.25) is 0 Å². The van der Waals surface area contributed by atoms with E-state index in [2.05, 4.69) is 10.8 Å². The fourth-order valence-electron chi connectivity index (χ4n) is 0.770. The summed E-state index contributed by atoms with van der Waals surface area (Å²) in [6, 6.07) is 4.43. The summed E-state index contributed by atoms with van der Waals surface area (Å²) in [6.45, 7) is 0. The zero-order valence-corrected chi connectivity index (χ0v) is 7.50. The molecule has 0 heterocycles. The van der Waals surface area contributed by atoms with Crippen LogP contribution in [0, 0.1) is 6.07 Å². The van der Waals surface area contributed by atoms with E-state index in [1.807, 2.05) is 0 Å². The smallest absolute Gasteiger partial charge is 0.298 e. The Labute approximate surface area is 75.3 Å². The Hall–Kier alpha value is -1.27. The van der Waals surface area contributed by atoms with E-state index in [0.717, 1.165) is 12.1 Å². The van der Waals surface area contributed by atoms with Crippen LogP contribution in [0.25, 0.3) is 0 Å². The van der Waals surface area contributed by atoms with E-state index < -0.39 is 20.8 Å². The van der Waals surface area contributed by atoms with Crippen molar-refractivity contribution < 1.29 is 22.8 Å². The lowest BCUT2D eigenvalue weighted by Gasteiger charge is -2.03. The molecule has 2 N–H and O–H groups in total. The van der Waals surface area contributed by atoms with Gasteiger partial charge in [-0.3, -0.25) is 4.55 Å². The van der Waals surface area contributed by atoms with Crippen LogP contribution >= 0.6 is 0 Å². The quantitative estimate of drug-likeness (QED) is 0.681. The number of rotatable bonds is 2. The van der Waals surface area contributed by atoms with Crippen molar-refractivity contribution in [2.75, 3.05) is 7.11 Å². The highest BCUT2D eigenvalue weighted by Crippen LogP contribution is 2.26. The first-order valence-electron chi connectivity index (χ1n) is 3.21. The van der Waals surface area contributed by atoms with E-state index in [1.165, 1.54) is 7.11 Å². The molecule has 1 radical (unpaired) electrons. The van der Waals surface area contributed by atoms with Crippen LogP contribution in [0.3, 0.4) is 0 Å². The maximum absolute atomic E-state index is 10.6. The van der Waals surface area contributed by atoms with E-state index in [1.54, 1.807) is 0 Å². The lowest BCUT2D eigenvalue weighted by molar-refractivity contribution is 0.404. The van der Waals surface area contributed by atoms with Crippen LogP contribution in [0.15, 0.2) is 17.0 Å². The molecule has 1 aromatic carbocycles. The van der Waals surface area contributed by atoms with Crippen LogP contribution in [0.1, 0.15) is 0 Å². The highest BCUT2D eigenvalue weighted by Gasteiger charge is 2.15. The van der Waals surface area contributed by atoms with Gasteiger partial charge < -0.3 is 9.84 Å². The molecule has 0 saturated heterocycles. The molecule has 0 unspecified atom stereocenters. The molecule has 0 aliphatic rings. The molecular weight excluding hydrogens is 196 g/mol. The summed E-state index contributed by atoms with van der Waals surface area (Å²) < 4.78 is 34.6. The molecule has 1 aromatic rings. The highest BCUT2D eigenvalue weighted by atomic mass is 32.2. The van der Waals surface area contributed by atoms with Gasteiger partial charge in [-0.15, -0.1) is 0 Å². The molecule has 0 fully saturated rings. The molecule has 0 atom stereocenters. The van der Waals surface area contributed by atoms with Gasteiger partial charge in [-0.2, -0.15) is 8.42 Å². The number of benzene rings is 1. The largest absolute Gasteiger partial charge is 0.506 e. The van der Waals surface area contributed by atoms with Gasteiger partial charge in [0.25, 0.3) is 10.1 Å². The second-order valence-corrected chi connectivity index (χ2v) is 3.62. The van der Waals surface area contributed by atoms with Gasteiger partial charge in [-0.1, -0.05) is 0 Å². The number of phenols is 1. The lowest BCUT2D eigenvalue weighted by Crippen LogP contribution is -1.99. The molecule has 1 rings (SSSR count). The fraction of sp³-hybridized carbons (Fsp3) is 0.143. The van der Waals surface area contributed by atoms with Gasteiger partial charge in [0.15, 0.2) is 0 Å². The maximum atomic E-state index is 10.6. The van der Waals surface area contributed by atoms with E-state index >= 15 is 0 Å². The number of ether oxygens (including phenoxy) is 1. The first kappa shape index (κ1) is 9.82. The minimum atomic E-state index is -4.42. The van der Waals surface area contributed by atoms with Crippen molar-refractivity contribution in [3.05, 3.63) is 18.2 Å². The van der Waals surface area contributed by atoms with Crippen molar-refractivity contribution in [2.45, 2.75) is 4.90 Å². The van der Waals surface area contributed by atoms with Crippen LogP contribution in [-0.4, -0.2) is 25.2 Å². The average Bonchev–Trinajstić information content (AvgIpc) is 2.03. The molecule has 6 heteroatoms. The third kappa shape index (κ3) is 2.10. The van der Waals surface area contributed by atoms with Crippen LogP contribution in [0.5, 0.6) is 11.5 Å². The van der Waals surface area contributed by atoms with E-state index in [-0.39, 0.29) is 5.75 Å². The third-order valence-electron chi connectivity index (χ3n) is 1.36. The zero-order chi connectivity index (χ0) is 10.1. The topological polar surface area (TPSA) is 83.8 Å². The van der Waals surface area contributed by atoms with E-state index in [9.17, 15) is 8.42 Å². The molecule has 5 nitrogen and oxygen atoms in total. The fourth-order valence-corrected chi connectivity index (χ4v) is 1.35. The number of phenolic OH excluding ortho intramolecular Hbond substituents is 1. The van der Waals surface area contributed by atoms with Crippen molar-refractivity contribution in [2.24, 2.45) is 0 Å². The second kappa shape index (κ2) is 3.23. The Morgan fingerprint density at radius 2 is 2.15 bits per heavy atom. The Morgan fingerprint density at radius 3 is 2.62 bits per heavy atom. The van der Waals surface area contributed by atoms with Crippen LogP contribution < -0.4 is 4.74 Å². The monoisotopic (exact) mass is 203 g/mol. The summed E-state index contributed by atoms with van der Waals surface area (Å²) in [7, 11) is -3.10. The predicted molar refractivity (Wildman–Crippen MR) is 43.3 cm³/mol. The summed E-state index contributed by atoms with van der Waals surface area (Å²) in [5.74, 6) is -0.450. The first-order valence-corrected chi connectivity index (χ1v) is 4.65. The van der Waals surface area contributed by atoms with Crippen LogP contribution in [-0.2, 0) is 10.1 Å². The lowest BCUT2D eigenvalue weighted by atomic mass is 10.3. The Balaban J connectivity index is 3.36. The van der Waals surface area contributed by atoms with Crippen LogP contribution in [0.2, 0.25) is 0 Å². The zero-order valence-electron chi connectivity index (χ0n) is 6.68. The standard InChI is InChI=1S/C7H7O5S/c1-12-5-2-3-6(8)7(4-5)13(9,10)11/h3-4,8H,1H3,(H,9,10,11).